The van der Waals surface area contributed by atoms with Gasteiger partial charge in [0, 0.05) is 10.3 Å². The van der Waals surface area contributed by atoms with Gasteiger partial charge in [0.05, 0.1) is 11.3 Å². The highest BCUT2D eigenvalue weighted by Gasteiger charge is 2.23. The molecule has 0 fully saturated rings. The first-order valence-corrected chi connectivity index (χ1v) is 9.38. The summed E-state index contributed by atoms with van der Waals surface area (Å²) < 4.78 is 0.925. The van der Waals surface area contributed by atoms with E-state index in [1.54, 1.807) is 6.07 Å². The van der Waals surface area contributed by atoms with Gasteiger partial charge in [0.2, 0.25) is 5.78 Å². The lowest BCUT2D eigenvalue weighted by Crippen LogP contribution is -2.08. The van der Waals surface area contributed by atoms with Crippen LogP contribution in [0.2, 0.25) is 0 Å². The first-order chi connectivity index (χ1) is 13.1. The monoisotopic (exact) mass is 372 g/mol. The number of carboxylic acids is 1. The summed E-state index contributed by atoms with van der Waals surface area (Å²) in [6, 6.07) is 24.8. The lowest BCUT2D eigenvalue weighted by molar-refractivity contribution is -0.136. The van der Waals surface area contributed by atoms with Crippen molar-refractivity contribution in [1.82, 2.24) is 0 Å². The molecular weight excluding hydrogens is 356 g/mol. The summed E-state index contributed by atoms with van der Waals surface area (Å²) >= 11 is 1.36. The molecule has 1 N–H and O–H groups in total. The van der Waals surface area contributed by atoms with Crippen LogP contribution in [0.1, 0.15) is 20.8 Å². The molecule has 0 aliphatic rings. The van der Waals surface area contributed by atoms with Crippen molar-refractivity contribution in [2.24, 2.45) is 0 Å². The second-order valence-electron chi connectivity index (χ2n) is 6.22. The Labute approximate surface area is 160 Å². The van der Waals surface area contributed by atoms with Crippen LogP contribution in [0.5, 0.6) is 0 Å². The molecule has 0 bridgehead atoms. The highest BCUT2D eigenvalue weighted by Crippen LogP contribution is 2.35. The zero-order valence-electron chi connectivity index (χ0n) is 14.4. The van der Waals surface area contributed by atoms with Crippen molar-refractivity contribution in [2.45, 2.75) is 6.42 Å². The fourth-order valence-corrected chi connectivity index (χ4v) is 4.46. The van der Waals surface area contributed by atoms with Crippen LogP contribution in [-0.2, 0) is 11.2 Å². The van der Waals surface area contributed by atoms with E-state index in [0.717, 1.165) is 21.2 Å². The van der Waals surface area contributed by atoms with Crippen LogP contribution in [0.3, 0.4) is 0 Å². The number of rotatable bonds is 5. The van der Waals surface area contributed by atoms with Crippen LogP contribution in [0, 0.1) is 0 Å². The molecule has 0 radical (unpaired) electrons. The number of carbonyl (C=O) groups is 2. The molecule has 4 heteroatoms. The van der Waals surface area contributed by atoms with Crippen molar-refractivity contribution >= 4 is 33.2 Å². The average molecular weight is 372 g/mol. The van der Waals surface area contributed by atoms with Gasteiger partial charge >= 0.3 is 5.97 Å². The number of carbonyl (C=O) groups excluding carboxylic acids is 1. The van der Waals surface area contributed by atoms with Crippen molar-refractivity contribution in [3.63, 3.8) is 0 Å². The van der Waals surface area contributed by atoms with Gasteiger partial charge in [0.25, 0.3) is 0 Å². The van der Waals surface area contributed by atoms with Crippen molar-refractivity contribution in [3.05, 3.63) is 94.9 Å². The highest BCUT2D eigenvalue weighted by atomic mass is 32.1. The number of ketones is 1. The molecule has 0 saturated heterocycles. The maximum atomic E-state index is 13.4. The Bertz CT molecular complexity index is 1140. The molecule has 0 atom stereocenters. The Morgan fingerprint density at radius 3 is 2.26 bits per heavy atom. The lowest BCUT2D eigenvalue weighted by atomic mass is 9.94. The van der Waals surface area contributed by atoms with Crippen LogP contribution in [0.4, 0.5) is 0 Å². The third-order valence-electron chi connectivity index (χ3n) is 4.49. The van der Waals surface area contributed by atoms with Crippen LogP contribution >= 0.6 is 11.3 Å². The van der Waals surface area contributed by atoms with Gasteiger partial charge in [0.15, 0.2) is 0 Å². The quantitative estimate of drug-likeness (QED) is 0.476. The van der Waals surface area contributed by atoms with E-state index >= 15 is 0 Å². The van der Waals surface area contributed by atoms with E-state index < -0.39 is 5.97 Å². The Morgan fingerprint density at radius 2 is 1.48 bits per heavy atom. The van der Waals surface area contributed by atoms with Gasteiger partial charge in [-0.05, 0) is 28.1 Å². The van der Waals surface area contributed by atoms with Crippen LogP contribution in [0.15, 0.2) is 78.9 Å². The standard InChI is InChI=1S/C23H16O3S/c24-21(25)14-19-17-11-6-7-13-20(17)27-23(19)22(26)18-12-5-4-10-16(18)15-8-2-1-3-9-15/h1-13H,14H2,(H,24,25). The van der Waals surface area contributed by atoms with Gasteiger partial charge in [-0.15, -0.1) is 11.3 Å². The third kappa shape index (κ3) is 3.27. The van der Waals surface area contributed by atoms with Gasteiger partial charge in [0.1, 0.15) is 0 Å². The third-order valence-corrected chi connectivity index (χ3v) is 5.70. The Kier molecular flexibility index (Phi) is 4.57. The number of carboxylic acid groups (broad SMARTS) is 1. The molecule has 0 unspecified atom stereocenters. The molecule has 3 nitrogen and oxygen atoms in total. The van der Waals surface area contributed by atoms with Gasteiger partial charge in [-0.1, -0.05) is 72.8 Å². The number of benzene rings is 3. The minimum atomic E-state index is -0.941. The average Bonchev–Trinajstić information content (AvgIpc) is 3.06. The maximum Gasteiger partial charge on any atom is 0.307 e. The highest BCUT2D eigenvalue weighted by molar-refractivity contribution is 7.21. The smallest absolute Gasteiger partial charge is 0.307 e. The summed E-state index contributed by atoms with van der Waals surface area (Å²) in [7, 11) is 0. The van der Waals surface area contributed by atoms with Crippen LogP contribution in [0.25, 0.3) is 21.2 Å². The fourth-order valence-electron chi connectivity index (χ4n) is 3.28. The van der Waals surface area contributed by atoms with E-state index in [9.17, 15) is 14.7 Å². The molecule has 3 aromatic carbocycles. The normalized spacial score (nSPS) is 10.8. The van der Waals surface area contributed by atoms with Gasteiger partial charge < -0.3 is 5.11 Å². The molecule has 0 spiro atoms. The first-order valence-electron chi connectivity index (χ1n) is 8.56. The Morgan fingerprint density at radius 1 is 0.815 bits per heavy atom. The van der Waals surface area contributed by atoms with Crippen molar-refractivity contribution < 1.29 is 14.7 Å². The SMILES string of the molecule is O=C(O)Cc1c(C(=O)c2ccccc2-c2ccccc2)sc2ccccc12. The summed E-state index contributed by atoms with van der Waals surface area (Å²) in [5.41, 5.74) is 2.99. The summed E-state index contributed by atoms with van der Waals surface area (Å²) in [6.07, 6.45) is -0.168. The molecule has 1 heterocycles. The number of hydrogen-bond acceptors (Lipinski definition) is 3. The molecular formula is C23H16O3S. The topological polar surface area (TPSA) is 54.4 Å². The number of aliphatic carboxylic acids is 1. The summed E-state index contributed by atoms with van der Waals surface area (Å²) in [5, 5.41) is 10.2. The second kappa shape index (κ2) is 7.17. The summed E-state index contributed by atoms with van der Waals surface area (Å²) in [6.45, 7) is 0. The summed E-state index contributed by atoms with van der Waals surface area (Å²) in [4.78, 5) is 25.3. The first kappa shape index (κ1) is 17.2. The maximum absolute atomic E-state index is 13.4. The van der Waals surface area contributed by atoms with E-state index in [2.05, 4.69) is 0 Å². The van der Waals surface area contributed by atoms with Crippen molar-refractivity contribution in [2.75, 3.05) is 0 Å². The molecule has 0 amide bonds. The molecule has 1 aromatic heterocycles. The molecule has 27 heavy (non-hydrogen) atoms. The van der Waals surface area contributed by atoms with E-state index in [-0.39, 0.29) is 12.2 Å². The van der Waals surface area contributed by atoms with E-state index in [0.29, 0.717) is 16.0 Å². The Balaban J connectivity index is 1.89. The second-order valence-corrected chi connectivity index (χ2v) is 7.27. The molecule has 0 aliphatic heterocycles. The van der Waals surface area contributed by atoms with Gasteiger partial charge in [-0.3, -0.25) is 9.59 Å². The fraction of sp³-hybridized carbons (Fsp3) is 0.0435. The van der Waals surface area contributed by atoms with E-state index in [1.165, 1.54) is 11.3 Å². The zero-order chi connectivity index (χ0) is 18.8. The van der Waals surface area contributed by atoms with Crippen LogP contribution < -0.4 is 0 Å². The Hall–Kier alpha value is -3.24. The van der Waals surface area contributed by atoms with Crippen molar-refractivity contribution in [3.8, 4) is 11.1 Å². The zero-order valence-corrected chi connectivity index (χ0v) is 15.2. The minimum Gasteiger partial charge on any atom is -0.481 e. The molecule has 132 valence electrons. The minimum absolute atomic E-state index is 0.132. The number of thiophene rings is 1. The van der Waals surface area contributed by atoms with Crippen molar-refractivity contribution in [1.29, 1.82) is 0 Å². The predicted octanol–water partition coefficient (Wildman–Crippen LogP) is 5.43. The lowest BCUT2D eigenvalue weighted by Gasteiger charge is -2.09. The number of fused-ring (bicyclic) bond motifs is 1. The number of hydrogen-bond donors (Lipinski definition) is 1. The van der Waals surface area contributed by atoms with Gasteiger partial charge in [-0.2, -0.15) is 0 Å². The molecule has 0 aliphatic carbocycles. The molecule has 4 aromatic rings. The predicted molar refractivity (Wildman–Crippen MR) is 108 cm³/mol. The molecule has 0 saturated carbocycles. The molecule has 4 rings (SSSR count). The van der Waals surface area contributed by atoms with Gasteiger partial charge in [-0.25, -0.2) is 0 Å². The van der Waals surface area contributed by atoms with E-state index in [1.807, 2.05) is 72.8 Å². The summed E-state index contributed by atoms with van der Waals surface area (Å²) in [5.74, 6) is -1.07. The van der Waals surface area contributed by atoms with E-state index in [4.69, 9.17) is 0 Å². The van der Waals surface area contributed by atoms with Crippen LogP contribution in [-0.4, -0.2) is 16.9 Å². The largest absolute Gasteiger partial charge is 0.481 e.